The van der Waals surface area contributed by atoms with Crippen LogP contribution in [0.1, 0.15) is 70.3 Å². The maximum Gasteiger partial charge on any atom is 0.226 e. The summed E-state index contributed by atoms with van der Waals surface area (Å²) < 4.78 is 28.4. The van der Waals surface area contributed by atoms with Gasteiger partial charge < -0.3 is 14.7 Å². The molecule has 2 amide bonds. The number of rotatable bonds is 4. The molecule has 0 atom stereocenters. The number of hydrogen-bond acceptors (Lipinski definition) is 3. The molecular formula is C25H37F2N3O2. The molecule has 1 heterocycles. The van der Waals surface area contributed by atoms with E-state index < -0.39 is 11.6 Å². The molecule has 2 aliphatic rings. The number of anilines is 1. The minimum Gasteiger partial charge on any atom is -0.338 e. The van der Waals surface area contributed by atoms with Crippen LogP contribution in [0.5, 0.6) is 0 Å². The molecular weight excluding hydrogens is 412 g/mol. The molecule has 0 bridgehead atoms. The fraction of sp³-hybridized carbons (Fsp3) is 0.680. The minimum atomic E-state index is -0.971. The predicted octanol–water partition coefficient (Wildman–Crippen LogP) is 4.73. The first-order chi connectivity index (χ1) is 15.4. The number of fused-ring (bicyclic) bond motifs is 1. The van der Waals surface area contributed by atoms with Crippen molar-refractivity contribution in [1.82, 2.24) is 9.80 Å². The zero-order valence-corrected chi connectivity index (χ0v) is 19.5. The van der Waals surface area contributed by atoms with E-state index in [-0.39, 0.29) is 24.8 Å². The summed E-state index contributed by atoms with van der Waals surface area (Å²) in [5.74, 6) is -1.37. The number of halogens is 2. The molecule has 178 valence electrons. The standard InChI is InChI=1S/C25H37F2N3O2/c1-3-24(31)30-15-7-13-28(2)12-6-14-29(25(32)11-10-19-8-4-5-9-19)18-20-16-21(26)22(27)17-23(20)30/h16-17,19H,3-15,18H2,1-2H3. The Morgan fingerprint density at radius 3 is 2.28 bits per heavy atom. The van der Waals surface area contributed by atoms with E-state index in [4.69, 9.17) is 0 Å². The van der Waals surface area contributed by atoms with Gasteiger partial charge in [0.05, 0.1) is 5.69 Å². The molecule has 0 radical (unpaired) electrons. The summed E-state index contributed by atoms with van der Waals surface area (Å²) in [5.41, 5.74) is 0.876. The molecule has 3 rings (SSSR count). The van der Waals surface area contributed by atoms with Gasteiger partial charge in [-0.1, -0.05) is 32.6 Å². The lowest BCUT2D eigenvalue weighted by molar-refractivity contribution is -0.132. The van der Waals surface area contributed by atoms with Gasteiger partial charge in [-0.3, -0.25) is 9.59 Å². The quantitative estimate of drug-likeness (QED) is 0.667. The second-order valence-electron chi connectivity index (χ2n) is 9.31. The molecule has 0 spiro atoms. The van der Waals surface area contributed by atoms with Gasteiger partial charge in [-0.25, -0.2) is 8.78 Å². The van der Waals surface area contributed by atoms with Crippen molar-refractivity contribution in [3.05, 3.63) is 29.3 Å². The van der Waals surface area contributed by atoms with E-state index >= 15 is 0 Å². The van der Waals surface area contributed by atoms with Gasteiger partial charge in [-0.2, -0.15) is 0 Å². The Balaban J connectivity index is 1.88. The summed E-state index contributed by atoms with van der Waals surface area (Å²) in [6.07, 6.45) is 8.09. The van der Waals surface area contributed by atoms with Crippen LogP contribution in [-0.4, -0.2) is 54.8 Å². The Labute approximate surface area is 190 Å². The number of carbonyl (C=O) groups is 2. The largest absolute Gasteiger partial charge is 0.338 e. The van der Waals surface area contributed by atoms with Crippen molar-refractivity contribution in [2.24, 2.45) is 5.92 Å². The highest BCUT2D eigenvalue weighted by Crippen LogP contribution is 2.30. The zero-order chi connectivity index (χ0) is 23.1. The van der Waals surface area contributed by atoms with E-state index in [1.54, 1.807) is 16.7 Å². The van der Waals surface area contributed by atoms with E-state index in [1.807, 2.05) is 7.05 Å². The summed E-state index contributed by atoms with van der Waals surface area (Å²) in [6.45, 7) is 4.59. The number of amides is 2. The van der Waals surface area contributed by atoms with Crippen molar-refractivity contribution in [3.8, 4) is 0 Å². The van der Waals surface area contributed by atoms with Crippen LogP contribution in [0, 0.1) is 17.6 Å². The zero-order valence-electron chi connectivity index (χ0n) is 19.5. The highest BCUT2D eigenvalue weighted by Gasteiger charge is 2.25. The molecule has 5 nitrogen and oxygen atoms in total. The van der Waals surface area contributed by atoms with Crippen LogP contribution >= 0.6 is 0 Å². The maximum atomic E-state index is 14.2. The van der Waals surface area contributed by atoms with Crippen molar-refractivity contribution in [2.75, 3.05) is 38.1 Å². The molecule has 1 aliphatic carbocycles. The van der Waals surface area contributed by atoms with Crippen LogP contribution in [0.15, 0.2) is 12.1 Å². The minimum absolute atomic E-state index is 0.0562. The lowest BCUT2D eigenvalue weighted by atomic mass is 10.0. The summed E-state index contributed by atoms with van der Waals surface area (Å²) in [6, 6.07) is 2.28. The van der Waals surface area contributed by atoms with E-state index in [0.29, 0.717) is 36.7 Å². The summed E-state index contributed by atoms with van der Waals surface area (Å²) in [4.78, 5) is 31.4. The van der Waals surface area contributed by atoms with Crippen molar-refractivity contribution in [2.45, 2.75) is 71.3 Å². The monoisotopic (exact) mass is 449 g/mol. The number of hydrogen-bond donors (Lipinski definition) is 0. The van der Waals surface area contributed by atoms with Crippen LogP contribution in [0.4, 0.5) is 14.5 Å². The highest BCUT2D eigenvalue weighted by atomic mass is 19.2. The first-order valence-corrected chi connectivity index (χ1v) is 12.1. The molecule has 1 fully saturated rings. The predicted molar refractivity (Wildman–Crippen MR) is 122 cm³/mol. The molecule has 1 aliphatic heterocycles. The van der Waals surface area contributed by atoms with E-state index in [9.17, 15) is 18.4 Å². The first kappa shape index (κ1) is 24.6. The summed E-state index contributed by atoms with van der Waals surface area (Å²) in [5, 5.41) is 0. The van der Waals surface area contributed by atoms with E-state index in [0.717, 1.165) is 44.5 Å². The molecule has 0 aromatic heterocycles. The Hall–Kier alpha value is -2.02. The maximum absolute atomic E-state index is 14.2. The van der Waals surface area contributed by atoms with Gasteiger partial charge in [-0.15, -0.1) is 0 Å². The third kappa shape index (κ3) is 6.50. The Bertz CT molecular complexity index is 796. The van der Waals surface area contributed by atoms with E-state index in [2.05, 4.69) is 4.90 Å². The van der Waals surface area contributed by atoms with Gasteiger partial charge in [0, 0.05) is 38.5 Å². The van der Waals surface area contributed by atoms with Gasteiger partial charge in [0.25, 0.3) is 0 Å². The van der Waals surface area contributed by atoms with Crippen molar-refractivity contribution in [1.29, 1.82) is 0 Å². The Morgan fingerprint density at radius 1 is 0.938 bits per heavy atom. The third-order valence-corrected chi connectivity index (χ3v) is 6.86. The average Bonchev–Trinajstić information content (AvgIpc) is 3.29. The van der Waals surface area contributed by atoms with Crippen molar-refractivity contribution < 1.29 is 18.4 Å². The Morgan fingerprint density at radius 2 is 1.59 bits per heavy atom. The second-order valence-corrected chi connectivity index (χ2v) is 9.31. The van der Waals surface area contributed by atoms with Crippen LogP contribution in [0.25, 0.3) is 0 Å². The fourth-order valence-electron chi connectivity index (χ4n) is 4.95. The van der Waals surface area contributed by atoms with Crippen LogP contribution < -0.4 is 4.90 Å². The summed E-state index contributed by atoms with van der Waals surface area (Å²) >= 11 is 0. The Kier molecular flexibility index (Phi) is 9.02. The summed E-state index contributed by atoms with van der Waals surface area (Å²) in [7, 11) is 2.03. The first-order valence-electron chi connectivity index (χ1n) is 12.1. The smallest absolute Gasteiger partial charge is 0.226 e. The van der Waals surface area contributed by atoms with Crippen LogP contribution in [-0.2, 0) is 16.1 Å². The van der Waals surface area contributed by atoms with Crippen molar-refractivity contribution >= 4 is 17.5 Å². The van der Waals surface area contributed by atoms with Gasteiger partial charge in [0.2, 0.25) is 11.8 Å². The molecule has 1 aromatic rings. The molecule has 32 heavy (non-hydrogen) atoms. The van der Waals surface area contributed by atoms with E-state index in [1.165, 1.54) is 25.7 Å². The molecule has 0 unspecified atom stereocenters. The number of carbonyl (C=O) groups excluding carboxylic acids is 2. The number of nitrogens with zero attached hydrogens (tertiary/aromatic N) is 3. The van der Waals surface area contributed by atoms with Gasteiger partial charge >= 0.3 is 0 Å². The normalized spacial score (nSPS) is 19.4. The van der Waals surface area contributed by atoms with Gasteiger partial charge in [-0.05, 0) is 56.9 Å². The van der Waals surface area contributed by atoms with Gasteiger partial charge in [0.15, 0.2) is 11.6 Å². The molecule has 0 N–H and O–H groups in total. The molecule has 1 saturated carbocycles. The van der Waals surface area contributed by atoms with Crippen LogP contribution in [0.2, 0.25) is 0 Å². The third-order valence-electron chi connectivity index (χ3n) is 6.86. The molecule has 1 aromatic carbocycles. The molecule has 7 heteroatoms. The van der Waals surface area contributed by atoms with Crippen LogP contribution in [0.3, 0.4) is 0 Å². The van der Waals surface area contributed by atoms with Gasteiger partial charge in [0.1, 0.15) is 0 Å². The second kappa shape index (κ2) is 11.7. The SMILES string of the molecule is CCC(=O)N1CCCN(C)CCCN(C(=O)CCC2CCCC2)Cc2cc(F)c(F)cc21. The topological polar surface area (TPSA) is 43.9 Å². The number of benzene rings is 1. The lowest BCUT2D eigenvalue weighted by Crippen LogP contribution is -2.38. The van der Waals surface area contributed by atoms with Crippen molar-refractivity contribution in [3.63, 3.8) is 0 Å². The lowest BCUT2D eigenvalue weighted by Gasteiger charge is -2.31. The average molecular weight is 450 g/mol. The molecule has 0 saturated heterocycles. The fourth-order valence-corrected chi connectivity index (χ4v) is 4.95. The highest BCUT2D eigenvalue weighted by molar-refractivity contribution is 5.94.